The fourth-order valence-corrected chi connectivity index (χ4v) is 7.26. The highest BCUT2D eigenvalue weighted by Crippen LogP contribution is 2.42. The van der Waals surface area contributed by atoms with Crippen LogP contribution >= 0.6 is 23.5 Å². The number of thioether (sulfide) groups is 2. The second-order valence-electron chi connectivity index (χ2n) is 7.50. The van der Waals surface area contributed by atoms with Gasteiger partial charge in [-0.3, -0.25) is 0 Å². The summed E-state index contributed by atoms with van der Waals surface area (Å²) in [6.07, 6.45) is 4.26. The zero-order valence-corrected chi connectivity index (χ0v) is 22.0. The van der Waals surface area contributed by atoms with E-state index < -0.39 is 9.84 Å². The average molecular weight is 533 g/mol. The third-order valence-electron chi connectivity index (χ3n) is 5.20. The molecule has 0 bridgehead atoms. The average Bonchev–Trinajstić information content (AvgIpc) is 3.47. The van der Waals surface area contributed by atoms with Crippen LogP contribution < -0.4 is 0 Å². The van der Waals surface area contributed by atoms with Gasteiger partial charge in [-0.25, -0.2) is 27.7 Å². The fraction of sp³-hybridized carbons (Fsp3) is 0.400. The molecule has 0 N–H and O–H groups in total. The Kier molecular flexibility index (Phi) is 7.76. The zero-order chi connectivity index (χ0) is 25.0. The summed E-state index contributed by atoms with van der Waals surface area (Å²) in [5.74, 6) is 0. The molecular formula is C20H24N10O2S3. The van der Waals surface area contributed by atoms with Crippen LogP contribution in [0.2, 0.25) is 0 Å². The molecule has 15 heteroatoms. The molecule has 0 amide bonds. The first-order valence-corrected chi connectivity index (χ1v) is 14.0. The summed E-state index contributed by atoms with van der Waals surface area (Å²) in [4.78, 5) is 8.64. The first-order chi connectivity index (χ1) is 16.9. The molecule has 4 aromatic heterocycles. The van der Waals surface area contributed by atoms with E-state index in [0.29, 0.717) is 34.3 Å². The number of pyridine rings is 2. The number of nitrogens with zero attached hydrogens (tertiary/aromatic N) is 10. The van der Waals surface area contributed by atoms with Gasteiger partial charge in [0.2, 0.25) is 20.2 Å². The minimum absolute atomic E-state index is 0.0189. The summed E-state index contributed by atoms with van der Waals surface area (Å²) in [6, 6.07) is 7.03. The molecule has 0 saturated carbocycles. The smallest absolute Gasteiger partial charge is 0.241 e. The minimum Gasteiger partial charge on any atom is -0.244 e. The van der Waals surface area contributed by atoms with Gasteiger partial charge in [0.1, 0.15) is 0 Å². The Morgan fingerprint density at radius 1 is 0.800 bits per heavy atom. The minimum atomic E-state index is -4.05. The van der Waals surface area contributed by atoms with Crippen molar-refractivity contribution in [1.29, 1.82) is 0 Å². The highest BCUT2D eigenvalue weighted by molar-refractivity contribution is 7.99. The molecule has 4 aromatic rings. The molecule has 2 atom stereocenters. The van der Waals surface area contributed by atoms with Crippen molar-refractivity contribution in [3.05, 3.63) is 47.8 Å². The van der Waals surface area contributed by atoms with Gasteiger partial charge >= 0.3 is 0 Å². The summed E-state index contributed by atoms with van der Waals surface area (Å²) in [5, 5.41) is 23.8. The third-order valence-corrected chi connectivity index (χ3v) is 9.76. The second kappa shape index (κ2) is 10.8. The van der Waals surface area contributed by atoms with Crippen LogP contribution in [0.3, 0.4) is 0 Å². The maximum absolute atomic E-state index is 14.0. The molecule has 2 unspecified atom stereocenters. The first-order valence-electron chi connectivity index (χ1n) is 10.8. The summed E-state index contributed by atoms with van der Waals surface area (Å²) in [5.41, 5.74) is 1.16. The third kappa shape index (κ3) is 5.21. The zero-order valence-electron chi connectivity index (χ0n) is 19.5. The molecule has 0 radical (unpaired) electrons. The van der Waals surface area contributed by atoms with Gasteiger partial charge in [0, 0.05) is 48.1 Å². The van der Waals surface area contributed by atoms with E-state index in [1.54, 1.807) is 47.7 Å². The summed E-state index contributed by atoms with van der Waals surface area (Å²) in [7, 11) is -0.572. The highest BCUT2D eigenvalue weighted by Gasteiger charge is 2.32. The van der Waals surface area contributed by atoms with Crippen molar-refractivity contribution in [3.8, 4) is 0 Å². The van der Waals surface area contributed by atoms with E-state index in [1.807, 2.05) is 13.8 Å². The van der Waals surface area contributed by atoms with E-state index in [1.165, 1.54) is 35.9 Å². The van der Waals surface area contributed by atoms with Crippen LogP contribution in [0.15, 0.2) is 57.0 Å². The van der Waals surface area contributed by atoms with Gasteiger partial charge in [-0.2, -0.15) is 0 Å². The lowest BCUT2D eigenvalue weighted by atomic mass is 10.1. The van der Waals surface area contributed by atoms with Gasteiger partial charge in [-0.1, -0.05) is 49.5 Å². The Morgan fingerprint density at radius 3 is 1.57 bits per heavy atom. The van der Waals surface area contributed by atoms with Crippen molar-refractivity contribution in [2.45, 2.75) is 57.6 Å². The molecule has 0 aliphatic rings. The second-order valence-corrected chi connectivity index (χ2v) is 11.6. The summed E-state index contributed by atoms with van der Waals surface area (Å²) < 4.78 is 31.2. The number of hydrogen-bond acceptors (Lipinski definition) is 12. The van der Waals surface area contributed by atoms with Crippen LogP contribution in [-0.4, -0.2) is 58.8 Å². The van der Waals surface area contributed by atoms with Crippen molar-refractivity contribution in [2.75, 3.05) is 0 Å². The highest BCUT2D eigenvalue weighted by atomic mass is 32.2. The lowest BCUT2D eigenvalue weighted by molar-refractivity contribution is 0.584. The van der Waals surface area contributed by atoms with Crippen molar-refractivity contribution in [2.24, 2.45) is 14.1 Å². The topological polar surface area (TPSA) is 147 Å². The summed E-state index contributed by atoms with van der Waals surface area (Å²) >= 11 is 2.79. The Morgan fingerprint density at radius 2 is 1.23 bits per heavy atom. The number of tetrazole rings is 2. The Hall–Kier alpha value is -2.91. The van der Waals surface area contributed by atoms with E-state index in [4.69, 9.17) is 0 Å². The predicted molar refractivity (Wildman–Crippen MR) is 129 cm³/mol. The van der Waals surface area contributed by atoms with E-state index in [-0.39, 0.29) is 20.6 Å². The standard InChI is InChI=1S/C20H24N10O2S3/c1-5-15(33-19-23-25-27-29(19)3)13-9-7-11-21-17(13)35(31,32)18-14(10-8-12-22-18)16(6-2)34-20-24-26-28-30(20)4/h7-12,15-16H,5-6H2,1-4H3. The van der Waals surface area contributed by atoms with Crippen LogP contribution in [0.5, 0.6) is 0 Å². The van der Waals surface area contributed by atoms with Crippen LogP contribution in [-0.2, 0) is 23.9 Å². The maximum atomic E-state index is 14.0. The van der Waals surface area contributed by atoms with E-state index >= 15 is 0 Å². The van der Waals surface area contributed by atoms with E-state index in [0.717, 1.165) is 0 Å². The number of hydrogen-bond donors (Lipinski definition) is 0. The van der Waals surface area contributed by atoms with Crippen molar-refractivity contribution < 1.29 is 8.42 Å². The predicted octanol–water partition coefficient (Wildman–Crippen LogP) is 2.84. The molecule has 184 valence electrons. The number of rotatable bonds is 10. The fourth-order valence-electron chi connectivity index (χ4n) is 3.47. The number of aromatic nitrogens is 10. The van der Waals surface area contributed by atoms with Crippen molar-refractivity contribution in [3.63, 3.8) is 0 Å². The molecule has 4 rings (SSSR count). The molecule has 4 heterocycles. The molecule has 0 saturated heterocycles. The Labute approximate surface area is 211 Å². The monoisotopic (exact) mass is 532 g/mol. The molecule has 0 aromatic carbocycles. The molecule has 35 heavy (non-hydrogen) atoms. The van der Waals surface area contributed by atoms with E-state index in [2.05, 4.69) is 41.0 Å². The molecule has 0 spiro atoms. The lowest BCUT2D eigenvalue weighted by Crippen LogP contribution is -2.14. The molecule has 12 nitrogen and oxygen atoms in total. The van der Waals surface area contributed by atoms with Gasteiger partial charge in [-0.15, -0.1) is 10.2 Å². The van der Waals surface area contributed by atoms with Crippen LogP contribution in [0.1, 0.15) is 48.3 Å². The lowest BCUT2D eigenvalue weighted by Gasteiger charge is -2.20. The molecule has 0 aliphatic heterocycles. The van der Waals surface area contributed by atoms with Crippen molar-refractivity contribution >= 4 is 33.4 Å². The summed E-state index contributed by atoms with van der Waals surface area (Å²) in [6.45, 7) is 3.96. The Bertz CT molecular complexity index is 1310. The van der Waals surface area contributed by atoms with Crippen LogP contribution in [0.4, 0.5) is 0 Å². The SMILES string of the molecule is CCC(Sc1nnnn1C)c1cccnc1S(=O)(=O)c1ncccc1C(CC)Sc1nnnn1C. The van der Waals surface area contributed by atoms with Gasteiger partial charge in [-0.05, 0) is 45.8 Å². The van der Waals surface area contributed by atoms with Gasteiger partial charge in [0.25, 0.3) is 0 Å². The molecule has 0 fully saturated rings. The quantitative estimate of drug-likeness (QED) is 0.277. The van der Waals surface area contributed by atoms with Crippen LogP contribution in [0.25, 0.3) is 0 Å². The Balaban J connectivity index is 1.76. The van der Waals surface area contributed by atoms with Gasteiger partial charge < -0.3 is 0 Å². The number of sulfone groups is 1. The largest absolute Gasteiger partial charge is 0.244 e. The first kappa shape index (κ1) is 25.2. The van der Waals surface area contributed by atoms with Gasteiger partial charge in [0.15, 0.2) is 10.1 Å². The van der Waals surface area contributed by atoms with Gasteiger partial charge in [0.05, 0.1) is 0 Å². The molecule has 0 aliphatic carbocycles. The van der Waals surface area contributed by atoms with E-state index in [9.17, 15) is 8.42 Å². The van der Waals surface area contributed by atoms with Crippen LogP contribution in [0, 0.1) is 0 Å². The number of aryl methyl sites for hydroxylation is 2. The maximum Gasteiger partial charge on any atom is 0.241 e. The van der Waals surface area contributed by atoms with Crippen molar-refractivity contribution in [1.82, 2.24) is 50.4 Å². The molecular weight excluding hydrogens is 508 g/mol. The normalized spacial score (nSPS) is 13.6.